The maximum Gasteiger partial charge on any atom is 0.308 e. The fourth-order valence-electron chi connectivity index (χ4n) is 6.34. The van der Waals surface area contributed by atoms with Crippen LogP contribution in [0.5, 0.6) is 0 Å². The second kappa shape index (κ2) is 7.46. The largest absolute Gasteiger partial charge is 0.481 e. The van der Waals surface area contributed by atoms with Crippen molar-refractivity contribution < 1.29 is 14.3 Å². The van der Waals surface area contributed by atoms with Crippen LogP contribution >= 0.6 is 0 Å². The maximum absolute atomic E-state index is 13.9. The van der Waals surface area contributed by atoms with Crippen LogP contribution in [0.3, 0.4) is 0 Å². The Bertz CT molecular complexity index is 1580. The van der Waals surface area contributed by atoms with Crippen molar-refractivity contribution in [2.24, 2.45) is 17.8 Å². The van der Waals surface area contributed by atoms with Gasteiger partial charge in [-0.15, -0.1) is 0 Å². The van der Waals surface area contributed by atoms with Gasteiger partial charge in [0.25, 0.3) is 0 Å². The first-order chi connectivity index (χ1) is 17.1. The molecule has 3 aliphatic carbocycles. The lowest BCUT2D eigenvalue weighted by molar-refractivity contribution is -0.151. The van der Waals surface area contributed by atoms with Gasteiger partial charge in [-0.1, -0.05) is 0 Å². The summed E-state index contributed by atoms with van der Waals surface area (Å²) in [5.41, 5.74) is 3.55. The Kier molecular flexibility index (Phi) is 4.33. The van der Waals surface area contributed by atoms with Gasteiger partial charge in [-0.2, -0.15) is 5.10 Å². The van der Waals surface area contributed by atoms with Crippen molar-refractivity contribution in [3.8, 4) is 22.6 Å². The van der Waals surface area contributed by atoms with E-state index >= 15 is 0 Å². The van der Waals surface area contributed by atoms with Crippen LogP contribution in [-0.4, -0.2) is 45.8 Å². The Balaban J connectivity index is 1.46. The predicted molar refractivity (Wildman–Crippen MR) is 126 cm³/mol. The van der Waals surface area contributed by atoms with E-state index in [1.165, 1.54) is 12.3 Å². The minimum absolute atomic E-state index is 0.166. The number of carbonyl (C=O) groups is 1. The molecule has 3 aliphatic rings. The number of carboxylic acids is 1. The summed E-state index contributed by atoms with van der Waals surface area (Å²) >= 11 is 0. The fourth-order valence-corrected chi connectivity index (χ4v) is 6.34. The van der Waals surface area contributed by atoms with Crippen LogP contribution in [0, 0.1) is 23.6 Å². The smallest absolute Gasteiger partial charge is 0.308 e. The van der Waals surface area contributed by atoms with Gasteiger partial charge in [0.15, 0.2) is 5.82 Å². The van der Waals surface area contributed by atoms with Crippen molar-refractivity contribution in [1.29, 1.82) is 0 Å². The van der Waals surface area contributed by atoms with Gasteiger partial charge in [0.2, 0.25) is 0 Å². The number of pyridine rings is 1. The molecule has 2 atom stereocenters. The van der Waals surface area contributed by atoms with Crippen LogP contribution in [-0.2, 0) is 4.79 Å². The molecule has 2 bridgehead atoms. The zero-order valence-corrected chi connectivity index (χ0v) is 18.6. The first kappa shape index (κ1) is 20.3. The highest BCUT2D eigenvalue weighted by molar-refractivity contribution is 5.96. The van der Waals surface area contributed by atoms with Gasteiger partial charge in [0, 0.05) is 46.7 Å². The molecule has 10 heteroatoms. The maximum atomic E-state index is 13.9. The lowest BCUT2D eigenvalue weighted by atomic mass is 9.61. The Morgan fingerprint density at radius 2 is 1.91 bits per heavy atom. The SMILES string of the molecule is O=C(O)[C@@H]1C2CCC(CC2)[C@H]1n1cc(-c2ccn[nH]2)c2cnc(-c3c[nH]c4ncc(F)cc34)nc21. The van der Waals surface area contributed by atoms with Crippen molar-refractivity contribution in [3.63, 3.8) is 0 Å². The van der Waals surface area contributed by atoms with Crippen molar-refractivity contribution in [3.05, 3.63) is 48.9 Å². The number of hydrogen-bond acceptors (Lipinski definition) is 5. The quantitative estimate of drug-likeness (QED) is 0.353. The number of carboxylic acid groups (broad SMARTS) is 1. The van der Waals surface area contributed by atoms with Crippen molar-refractivity contribution >= 4 is 28.0 Å². The highest BCUT2D eigenvalue weighted by Crippen LogP contribution is 2.52. The topological polar surface area (TPSA) is 125 Å². The number of halogens is 1. The minimum Gasteiger partial charge on any atom is -0.481 e. The first-order valence-corrected chi connectivity index (χ1v) is 11.8. The molecule has 3 saturated carbocycles. The van der Waals surface area contributed by atoms with Crippen LogP contribution in [0.4, 0.5) is 4.39 Å². The second-order valence-electron chi connectivity index (χ2n) is 9.63. The molecule has 176 valence electrons. The summed E-state index contributed by atoms with van der Waals surface area (Å²) in [6, 6.07) is 3.10. The zero-order valence-electron chi connectivity index (χ0n) is 18.6. The summed E-state index contributed by atoms with van der Waals surface area (Å²) in [7, 11) is 0. The molecule has 0 aromatic carbocycles. The Morgan fingerprint density at radius 3 is 2.69 bits per heavy atom. The number of aliphatic carboxylic acids is 1. The molecule has 35 heavy (non-hydrogen) atoms. The van der Waals surface area contributed by atoms with E-state index in [4.69, 9.17) is 4.98 Å². The molecule has 0 radical (unpaired) electrons. The number of hydrogen-bond donors (Lipinski definition) is 3. The van der Waals surface area contributed by atoms with E-state index in [9.17, 15) is 14.3 Å². The van der Waals surface area contributed by atoms with Crippen molar-refractivity contribution in [1.82, 2.24) is 34.7 Å². The third-order valence-corrected chi connectivity index (χ3v) is 7.88. The monoisotopic (exact) mass is 471 g/mol. The average molecular weight is 471 g/mol. The molecule has 8 rings (SSSR count). The molecule has 3 fully saturated rings. The summed E-state index contributed by atoms with van der Waals surface area (Å²) in [5, 5.41) is 18.7. The van der Waals surface area contributed by atoms with Gasteiger partial charge in [0.1, 0.15) is 17.1 Å². The molecular formula is C25H22FN7O2. The van der Waals surface area contributed by atoms with E-state index in [2.05, 4.69) is 29.7 Å². The lowest BCUT2D eigenvalue weighted by Crippen LogP contribution is -2.44. The van der Waals surface area contributed by atoms with Crippen LogP contribution in [0.25, 0.3) is 44.7 Å². The van der Waals surface area contributed by atoms with Gasteiger partial charge in [-0.05, 0) is 49.7 Å². The van der Waals surface area contributed by atoms with Crippen LogP contribution in [0.2, 0.25) is 0 Å². The molecule has 0 unspecified atom stereocenters. The molecule has 0 spiro atoms. The molecule has 9 nitrogen and oxygen atoms in total. The highest BCUT2D eigenvalue weighted by Gasteiger charge is 2.48. The Hall–Kier alpha value is -4.08. The van der Waals surface area contributed by atoms with E-state index in [1.54, 1.807) is 18.6 Å². The number of fused-ring (bicyclic) bond motifs is 5. The molecular weight excluding hydrogens is 449 g/mol. The number of H-pyrrole nitrogens is 2. The van der Waals surface area contributed by atoms with Crippen molar-refractivity contribution in [2.45, 2.75) is 31.7 Å². The van der Waals surface area contributed by atoms with Crippen LogP contribution in [0.15, 0.2) is 43.1 Å². The molecule has 0 amide bonds. The number of rotatable bonds is 4. The standard InChI is InChI=1S/C25H22FN7O2/c26-14-7-15-16(9-28-22(15)27-8-14)23-29-10-17-18(19-5-6-30-32-19)11-33(24(17)31-23)21-13-3-1-12(2-4-13)20(21)25(34)35/h5-13,20-21H,1-4H2,(H,27,28)(H,30,32)(H,34,35)/t12?,13?,20-,21-/m1/s1. The molecule has 5 heterocycles. The van der Waals surface area contributed by atoms with Gasteiger partial charge in [0.05, 0.1) is 23.9 Å². The summed E-state index contributed by atoms with van der Waals surface area (Å²) in [5.74, 6) is -0.777. The molecule has 5 aromatic heterocycles. The number of nitrogens with zero attached hydrogens (tertiary/aromatic N) is 5. The molecule has 5 aromatic rings. The molecule has 0 saturated heterocycles. The number of aromatic nitrogens is 7. The van der Waals surface area contributed by atoms with Gasteiger partial charge in [-0.25, -0.2) is 19.3 Å². The minimum atomic E-state index is -0.748. The predicted octanol–water partition coefficient (Wildman–Crippen LogP) is 4.57. The van der Waals surface area contributed by atoms with E-state index in [0.29, 0.717) is 28.1 Å². The van der Waals surface area contributed by atoms with Crippen LogP contribution in [0.1, 0.15) is 31.7 Å². The van der Waals surface area contributed by atoms with Crippen LogP contribution < -0.4 is 0 Å². The normalized spacial score (nSPS) is 23.9. The Labute approximate surface area is 198 Å². The summed E-state index contributed by atoms with van der Waals surface area (Å²) < 4.78 is 16.0. The third-order valence-electron chi connectivity index (χ3n) is 7.88. The van der Waals surface area contributed by atoms with E-state index in [1.807, 2.05) is 12.3 Å². The van der Waals surface area contributed by atoms with E-state index in [-0.39, 0.29) is 17.9 Å². The summed E-state index contributed by atoms with van der Waals surface area (Å²) in [6.07, 6.45) is 12.3. The van der Waals surface area contributed by atoms with Gasteiger partial charge < -0.3 is 14.7 Å². The highest BCUT2D eigenvalue weighted by atomic mass is 19.1. The fraction of sp³-hybridized carbons (Fsp3) is 0.320. The molecule has 3 N–H and O–H groups in total. The second-order valence-corrected chi connectivity index (χ2v) is 9.63. The summed E-state index contributed by atoms with van der Waals surface area (Å²) in [4.78, 5) is 29.1. The third kappa shape index (κ3) is 3.02. The summed E-state index contributed by atoms with van der Waals surface area (Å²) in [6.45, 7) is 0. The van der Waals surface area contributed by atoms with E-state index in [0.717, 1.165) is 42.3 Å². The first-order valence-electron chi connectivity index (χ1n) is 11.8. The van der Waals surface area contributed by atoms with Gasteiger partial charge in [-0.3, -0.25) is 9.89 Å². The number of aromatic amines is 2. The Morgan fingerprint density at radius 1 is 1.09 bits per heavy atom. The molecule has 0 aliphatic heterocycles. The van der Waals surface area contributed by atoms with Gasteiger partial charge >= 0.3 is 5.97 Å². The lowest BCUT2D eigenvalue weighted by Gasteiger charge is -2.47. The number of nitrogens with one attached hydrogen (secondary N) is 2. The zero-order chi connectivity index (χ0) is 23.7. The average Bonchev–Trinajstić information content (AvgIpc) is 3.62. The van der Waals surface area contributed by atoms with Crippen molar-refractivity contribution in [2.75, 3.05) is 0 Å². The van der Waals surface area contributed by atoms with E-state index < -0.39 is 17.7 Å².